The third kappa shape index (κ3) is 7.49. The molecule has 0 unspecified atom stereocenters. The van der Waals surface area contributed by atoms with Gasteiger partial charge in [0, 0.05) is 38.8 Å². The van der Waals surface area contributed by atoms with Crippen molar-refractivity contribution in [1.29, 1.82) is 0 Å². The molecular weight excluding hydrogens is 522 g/mol. The van der Waals surface area contributed by atoms with Crippen LogP contribution in [0.3, 0.4) is 0 Å². The molecule has 2 amide bonds. The third-order valence-corrected chi connectivity index (χ3v) is 7.59. The quantitative estimate of drug-likeness (QED) is 0.322. The van der Waals surface area contributed by atoms with Gasteiger partial charge in [0.2, 0.25) is 0 Å². The molecule has 218 valence electrons. The van der Waals surface area contributed by atoms with Crippen LogP contribution in [0.15, 0.2) is 66.7 Å². The van der Waals surface area contributed by atoms with Gasteiger partial charge < -0.3 is 34.0 Å². The van der Waals surface area contributed by atoms with E-state index in [1.54, 1.807) is 33.3 Å². The maximum atomic E-state index is 13.8. The average Bonchev–Trinajstić information content (AvgIpc) is 3.03. The van der Waals surface area contributed by atoms with Gasteiger partial charge in [0.25, 0.3) is 0 Å². The molecule has 0 radical (unpaired) electrons. The summed E-state index contributed by atoms with van der Waals surface area (Å²) in [5, 5.41) is 3.03. The molecule has 1 fully saturated rings. The normalized spacial score (nSPS) is 14.5. The second kappa shape index (κ2) is 13.9. The van der Waals surface area contributed by atoms with Gasteiger partial charge in [0.15, 0.2) is 0 Å². The molecule has 9 heteroatoms. The Morgan fingerprint density at radius 2 is 1.34 bits per heavy atom. The number of piperidine rings is 1. The number of nitrogens with one attached hydrogen (secondary N) is 1. The minimum Gasteiger partial charge on any atom is -0.497 e. The molecule has 41 heavy (non-hydrogen) atoms. The van der Waals surface area contributed by atoms with Crippen molar-refractivity contribution in [2.45, 2.75) is 38.0 Å². The zero-order chi connectivity index (χ0) is 29.2. The zero-order valence-corrected chi connectivity index (χ0v) is 24.2. The number of amides is 2. The van der Waals surface area contributed by atoms with Crippen molar-refractivity contribution in [1.82, 2.24) is 15.1 Å². The first kappa shape index (κ1) is 29.7. The fourth-order valence-electron chi connectivity index (χ4n) is 5.21. The Kier molecular flexibility index (Phi) is 10.1. The Labute approximate surface area is 241 Å². The number of nitrogens with zero attached hydrogens (tertiary/aromatic N) is 2. The highest BCUT2D eigenvalue weighted by Gasteiger charge is 2.42. The van der Waals surface area contributed by atoms with Crippen molar-refractivity contribution in [3.8, 4) is 23.0 Å². The summed E-state index contributed by atoms with van der Waals surface area (Å²) in [7, 11) is 6.49. The van der Waals surface area contributed by atoms with Crippen LogP contribution in [0.5, 0.6) is 23.0 Å². The van der Waals surface area contributed by atoms with Crippen LogP contribution >= 0.6 is 0 Å². The number of hydrogen-bond acceptors (Lipinski definition) is 7. The van der Waals surface area contributed by atoms with Gasteiger partial charge in [-0.25, -0.2) is 4.79 Å². The lowest BCUT2D eigenvalue weighted by Crippen LogP contribution is -2.60. The summed E-state index contributed by atoms with van der Waals surface area (Å²) in [6.45, 7) is 2.56. The van der Waals surface area contributed by atoms with Crippen LogP contribution in [0.2, 0.25) is 0 Å². The van der Waals surface area contributed by atoms with Crippen molar-refractivity contribution >= 4 is 12.3 Å². The molecule has 0 aromatic heterocycles. The van der Waals surface area contributed by atoms with E-state index in [2.05, 4.69) is 10.2 Å². The number of aldehydes is 1. The lowest BCUT2D eigenvalue weighted by Gasteiger charge is -2.45. The van der Waals surface area contributed by atoms with Gasteiger partial charge >= 0.3 is 6.03 Å². The molecular formula is C32H39N3O6. The number of methoxy groups -OCH3 is 4. The van der Waals surface area contributed by atoms with Gasteiger partial charge in [0.1, 0.15) is 34.8 Å². The molecule has 3 aromatic carbocycles. The van der Waals surface area contributed by atoms with Crippen molar-refractivity contribution in [3.63, 3.8) is 0 Å². The Bertz CT molecular complexity index is 1300. The SMILES string of the molecule is COc1cccc(CNC(=O)N(Cc2cccc(OC)c2)C2(C=O)CCN(Cc3cc(OC)cc(OC)c3)CC2)c1. The molecule has 0 atom stereocenters. The van der Waals surface area contributed by atoms with E-state index in [-0.39, 0.29) is 12.6 Å². The van der Waals surface area contributed by atoms with Gasteiger partial charge in [-0.15, -0.1) is 0 Å². The maximum Gasteiger partial charge on any atom is 0.318 e. The third-order valence-electron chi connectivity index (χ3n) is 7.59. The number of carbonyl (C=O) groups is 2. The molecule has 9 nitrogen and oxygen atoms in total. The molecule has 0 bridgehead atoms. The number of rotatable bonds is 12. The van der Waals surface area contributed by atoms with E-state index in [1.165, 1.54) is 0 Å². The molecule has 0 spiro atoms. The molecule has 0 saturated carbocycles. The Hall–Kier alpha value is -4.24. The maximum absolute atomic E-state index is 13.8. The van der Waals surface area contributed by atoms with Crippen LogP contribution < -0.4 is 24.3 Å². The molecule has 1 aliphatic heterocycles. The first-order valence-corrected chi connectivity index (χ1v) is 13.6. The van der Waals surface area contributed by atoms with Crippen LogP contribution in [0.25, 0.3) is 0 Å². The first-order valence-electron chi connectivity index (χ1n) is 13.6. The lowest BCUT2D eigenvalue weighted by atomic mass is 9.86. The standard InChI is InChI=1S/C32H39N3O6/c1-38-27-9-5-7-24(15-27)20-33-31(37)35(22-25-8-6-10-28(16-25)39-2)32(23-36)11-13-34(14-12-32)21-26-17-29(40-3)19-30(18-26)41-4/h5-10,15-19,23H,11-14,20-22H2,1-4H3,(H,33,37). The number of carbonyl (C=O) groups excluding carboxylic acids is 2. The monoisotopic (exact) mass is 561 g/mol. The van der Waals surface area contributed by atoms with E-state index in [4.69, 9.17) is 18.9 Å². The van der Waals surface area contributed by atoms with E-state index in [9.17, 15) is 9.59 Å². The largest absolute Gasteiger partial charge is 0.497 e. The fraction of sp³-hybridized carbons (Fsp3) is 0.375. The highest BCUT2D eigenvalue weighted by Crippen LogP contribution is 2.31. The summed E-state index contributed by atoms with van der Waals surface area (Å²) in [5.41, 5.74) is 1.89. The number of urea groups is 1. The van der Waals surface area contributed by atoms with Gasteiger partial charge in [-0.1, -0.05) is 24.3 Å². The summed E-state index contributed by atoms with van der Waals surface area (Å²) in [4.78, 5) is 30.5. The highest BCUT2D eigenvalue weighted by molar-refractivity contribution is 5.81. The fourth-order valence-corrected chi connectivity index (χ4v) is 5.21. The van der Waals surface area contributed by atoms with Gasteiger partial charge in [-0.05, 0) is 65.9 Å². The Morgan fingerprint density at radius 1 is 0.805 bits per heavy atom. The lowest BCUT2D eigenvalue weighted by molar-refractivity contribution is -0.120. The van der Waals surface area contributed by atoms with Crippen LogP contribution in [0.1, 0.15) is 29.5 Å². The summed E-state index contributed by atoms with van der Waals surface area (Å²) in [6, 6.07) is 20.7. The van der Waals surface area contributed by atoms with Crippen molar-refractivity contribution in [2.24, 2.45) is 0 Å². The van der Waals surface area contributed by atoms with Crippen molar-refractivity contribution in [3.05, 3.63) is 83.4 Å². The van der Waals surface area contributed by atoms with E-state index >= 15 is 0 Å². The van der Waals surface area contributed by atoms with Gasteiger partial charge in [0.05, 0.1) is 28.4 Å². The summed E-state index contributed by atoms with van der Waals surface area (Å²) in [6.07, 6.45) is 1.96. The first-order chi connectivity index (χ1) is 19.9. The van der Waals surface area contributed by atoms with Crippen LogP contribution in [0, 0.1) is 0 Å². The predicted molar refractivity (Wildman–Crippen MR) is 157 cm³/mol. The number of likely N-dealkylation sites (tertiary alicyclic amines) is 1. The van der Waals surface area contributed by atoms with E-state index in [0.717, 1.165) is 40.2 Å². The molecule has 1 N–H and O–H groups in total. The second-order valence-electron chi connectivity index (χ2n) is 10.2. The second-order valence-corrected chi connectivity index (χ2v) is 10.2. The number of benzene rings is 3. The van der Waals surface area contributed by atoms with Gasteiger partial charge in [-0.3, -0.25) is 4.90 Å². The van der Waals surface area contributed by atoms with Crippen molar-refractivity contribution < 1.29 is 28.5 Å². The van der Waals surface area contributed by atoms with E-state index in [1.807, 2.05) is 66.7 Å². The van der Waals surface area contributed by atoms with Crippen LogP contribution in [-0.4, -0.2) is 69.2 Å². The van der Waals surface area contributed by atoms with Crippen LogP contribution in [-0.2, 0) is 24.4 Å². The summed E-state index contributed by atoms with van der Waals surface area (Å²) in [5.74, 6) is 2.88. The minimum absolute atomic E-state index is 0.271. The molecule has 3 aromatic rings. The van der Waals surface area contributed by atoms with Crippen LogP contribution in [0.4, 0.5) is 4.79 Å². The average molecular weight is 562 g/mol. The number of ether oxygens (including phenoxy) is 4. The molecule has 1 aliphatic rings. The summed E-state index contributed by atoms with van der Waals surface area (Å²) >= 11 is 0. The van der Waals surface area contributed by atoms with Gasteiger partial charge in [-0.2, -0.15) is 0 Å². The molecule has 1 heterocycles. The molecule has 0 aliphatic carbocycles. The van der Waals surface area contributed by atoms with E-state index in [0.29, 0.717) is 44.8 Å². The Balaban J connectivity index is 1.52. The topological polar surface area (TPSA) is 89.6 Å². The zero-order valence-electron chi connectivity index (χ0n) is 24.2. The number of hydrogen-bond donors (Lipinski definition) is 1. The minimum atomic E-state index is -0.954. The predicted octanol–water partition coefficient (Wildman–Crippen LogP) is 4.67. The highest BCUT2D eigenvalue weighted by atomic mass is 16.5. The van der Waals surface area contributed by atoms with E-state index < -0.39 is 5.54 Å². The molecule has 4 rings (SSSR count). The van der Waals surface area contributed by atoms with Crippen molar-refractivity contribution in [2.75, 3.05) is 41.5 Å². The molecule has 1 saturated heterocycles. The smallest absolute Gasteiger partial charge is 0.318 e. The summed E-state index contributed by atoms with van der Waals surface area (Å²) < 4.78 is 21.6. The Morgan fingerprint density at radius 3 is 1.90 bits per heavy atom.